The van der Waals surface area contributed by atoms with Gasteiger partial charge in [0, 0.05) is 5.92 Å². The molecule has 1 amide bonds. The minimum absolute atomic E-state index is 0.0909. The molecule has 8 heteroatoms. The van der Waals surface area contributed by atoms with Crippen LogP contribution in [-0.2, 0) is 4.79 Å². The fourth-order valence-corrected chi connectivity index (χ4v) is 5.94. The highest BCUT2D eigenvalue weighted by molar-refractivity contribution is 7.99. The maximum Gasteiger partial charge on any atom is 0.277 e. The largest absolute Gasteiger partial charge is 0.496 e. The molecule has 2 aliphatic rings. The van der Waals surface area contributed by atoms with Crippen LogP contribution in [0.3, 0.4) is 0 Å². The number of carbonyl (C=O) groups excluding carboxylic acids is 1. The number of rotatable bonds is 7. The quantitative estimate of drug-likeness (QED) is 0.246. The van der Waals surface area contributed by atoms with Gasteiger partial charge < -0.3 is 9.15 Å². The van der Waals surface area contributed by atoms with Crippen molar-refractivity contribution in [2.75, 3.05) is 12.9 Å². The molecule has 0 N–H and O–H groups in total. The lowest BCUT2D eigenvalue weighted by atomic mass is 9.77. The molecule has 7 nitrogen and oxygen atoms in total. The summed E-state index contributed by atoms with van der Waals surface area (Å²) in [7, 11) is 1.60. The molecule has 1 saturated carbocycles. The van der Waals surface area contributed by atoms with Gasteiger partial charge in [0.2, 0.25) is 0 Å². The highest BCUT2D eigenvalue weighted by Gasteiger charge is 2.43. The predicted octanol–water partition coefficient (Wildman–Crippen LogP) is 6.66. The summed E-state index contributed by atoms with van der Waals surface area (Å²) in [6.45, 7) is 0. The normalized spacial score (nSPS) is 19.6. The van der Waals surface area contributed by atoms with Crippen LogP contribution in [0.4, 0.5) is 0 Å². The molecular formula is C31H28N4O3S. The first-order valence-corrected chi connectivity index (χ1v) is 14.0. The van der Waals surface area contributed by atoms with Crippen LogP contribution in [0, 0.1) is 5.92 Å². The Morgan fingerprint density at radius 3 is 2.56 bits per heavy atom. The molecule has 0 bridgehead atoms. The number of fused-ring (bicyclic) bond motifs is 1. The zero-order chi connectivity index (χ0) is 26.6. The number of hydrogen-bond acceptors (Lipinski definition) is 7. The Labute approximate surface area is 231 Å². The summed E-state index contributed by atoms with van der Waals surface area (Å²) in [5.41, 5.74) is 5.18. The molecule has 3 aromatic carbocycles. The van der Waals surface area contributed by atoms with E-state index in [2.05, 4.69) is 40.5 Å². The second-order valence-corrected chi connectivity index (χ2v) is 10.4. The van der Waals surface area contributed by atoms with E-state index in [4.69, 9.17) is 14.3 Å². The first-order valence-electron chi connectivity index (χ1n) is 13.0. The summed E-state index contributed by atoms with van der Waals surface area (Å²) in [4.78, 5) is 13.7. The zero-order valence-corrected chi connectivity index (χ0v) is 22.4. The Kier molecular flexibility index (Phi) is 7.27. The van der Waals surface area contributed by atoms with Gasteiger partial charge in [0.25, 0.3) is 17.0 Å². The molecule has 1 fully saturated rings. The van der Waals surface area contributed by atoms with Crippen molar-refractivity contribution in [3.05, 3.63) is 102 Å². The lowest BCUT2D eigenvalue weighted by Crippen LogP contribution is -2.32. The molecule has 39 heavy (non-hydrogen) atoms. The lowest BCUT2D eigenvalue weighted by Gasteiger charge is -2.29. The molecule has 1 aliphatic carbocycles. The van der Waals surface area contributed by atoms with Gasteiger partial charge in [-0.3, -0.25) is 4.79 Å². The van der Waals surface area contributed by atoms with Gasteiger partial charge in [-0.1, -0.05) is 84.6 Å². The summed E-state index contributed by atoms with van der Waals surface area (Å²) in [5, 5.41) is 15.3. The number of nitrogens with zero attached hydrogens (tertiary/aromatic N) is 4. The Bertz CT molecular complexity index is 1520. The van der Waals surface area contributed by atoms with Gasteiger partial charge in [-0.2, -0.15) is 5.10 Å². The summed E-state index contributed by atoms with van der Waals surface area (Å²) in [6.07, 6.45) is 5.23. The topological polar surface area (TPSA) is 80.8 Å². The van der Waals surface area contributed by atoms with E-state index >= 15 is 0 Å². The number of ether oxygens (including phenoxy) is 1. The van der Waals surface area contributed by atoms with Gasteiger partial charge in [0.1, 0.15) is 5.75 Å². The Hall–Kier alpha value is -4.17. The standard InChI is InChI=1S/C31H28N4O3S/c1-37-26-18-9-8-16-24(26)30-32-33-31(38-30)39-20-27(36)35-29(22-13-6-3-7-14-22)25-17-10-15-23(28(25)34-35)19-21-11-4-2-5-12-21/h2-9,11-14,16,18-19,25,29H,10,15,17,20H2,1H3/b23-19+. The maximum atomic E-state index is 13.7. The summed E-state index contributed by atoms with van der Waals surface area (Å²) >= 11 is 1.22. The number of para-hydroxylation sites is 1. The average Bonchev–Trinajstić information content (AvgIpc) is 3.63. The highest BCUT2D eigenvalue weighted by Crippen LogP contribution is 2.44. The van der Waals surface area contributed by atoms with Crippen molar-refractivity contribution in [2.45, 2.75) is 30.5 Å². The molecule has 196 valence electrons. The predicted molar refractivity (Wildman–Crippen MR) is 152 cm³/mol. The minimum atomic E-state index is -0.138. The summed E-state index contributed by atoms with van der Waals surface area (Å²) < 4.78 is 11.3. The summed E-state index contributed by atoms with van der Waals surface area (Å²) in [6, 6.07) is 27.8. The third-order valence-corrected chi connectivity index (χ3v) is 7.90. The van der Waals surface area contributed by atoms with Gasteiger partial charge in [0.05, 0.1) is 30.2 Å². The van der Waals surface area contributed by atoms with E-state index in [0.717, 1.165) is 36.1 Å². The van der Waals surface area contributed by atoms with Gasteiger partial charge in [-0.15, -0.1) is 10.2 Å². The molecule has 4 aromatic rings. The first kappa shape index (κ1) is 25.1. The van der Waals surface area contributed by atoms with Gasteiger partial charge in [-0.25, -0.2) is 5.01 Å². The van der Waals surface area contributed by atoms with Crippen LogP contribution >= 0.6 is 11.8 Å². The van der Waals surface area contributed by atoms with Crippen LogP contribution in [0.2, 0.25) is 0 Å². The molecule has 0 saturated heterocycles. The number of thioether (sulfide) groups is 1. The van der Waals surface area contributed by atoms with Crippen molar-refractivity contribution in [2.24, 2.45) is 11.0 Å². The number of amides is 1. The third-order valence-electron chi connectivity index (χ3n) is 7.10. The molecule has 2 heterocycles. The smallest absolute Gasteiger partial charge is 0.277 e. The number of carbonyl (C=O) groups is 1. The van der Waals surface area contributed by atoms with E-state index < -0.39 is 0 Å². The number of methoxy groups -OCH3 is 1. The van der Waals surface area contributed by atoms with E-state index in [-0.39, 0.29) is 23.6 Å². The van der Waals surface area contributed by atoms with Crippen LogP contribution in [0.1, 0.15) is 36.4 Å². The van der Waals surface area contributed by atoms with Crippen molar-refractivity contribution in [1.82, 2.24) is 15.2 Å². The fourth-order valence-electron chi connectivity index (χ4n) is 5.33. The molecule has 0 spiro atoms. The van der Waals surface area contributed by atoms with Crippen molar-refractivity contribution in [3.8, 4) is 17.2 Å². The van der Waals surface area contributed by atoms with E-state index in [0.29, 0.717) is 22.4 Å². The molecule has 1 aromatic heterocycles. The molecule has 0 radical (unpaired) electrons. The van der Waals surface area contributed by atoms with Crippen molar-refractivity contribution >= 4 is 29.5 Å². The molecule has 2 unspecified atom stereocenters. The van der Waals surface area contributed by atoms with Crippen LogP contribution < -0.4 is 4.74 Å². The van der Waals surface area contributed by atoms with E-state index in [9.17, 15) is 4.79 Å². The average molecular weight is 537 g/mol. The summed E-state index contributed by atoms with van der Waals surface area (Å²) in [5.74, 6) is 1.21. The highest BCUT2D eigenvalue weighted by atomic mass is 32.2. The Balaban J connectivity index is 1.25. The van der Waals surface area contributed by atoms with Gasteiger partial charge in [-0.05, 0) is 54.2 Å². The second kappa shape index (κ2) is 11.3. The molecule has 2 atom stereocenters. The van der Waals surface area contributed by atoms with Crippen molar-refractivity contribution in [3.63, 3.8) is 0 Å². The number of aromatic nitrogens is 2. The minimum Gasteiger partial charge on any atom is -0.496 e. The van der Waals surface area contributed by atoms with Crippen LogP contribution in [0.5, 0.6) is 5.75 Å². The van der Waals surface area contributed by atoms with Gasteiger partial charge >= 0.3 is 0 Å². The van der Waals surface area contributed by atoms with E-state index in [1.54, 1.807) is 12.1 Å². The Morgan fingerprint density at radius 1 is 1.03 bits per heavy atom. The van der Waals surface area contributed by atoms with Crippen LogP contribution in [0.25, 0.3) is 17.5 Å². The van der Waals surface area contributed by atoms with Crippen molar-refractivity contribution < 1.29 is 13.9 Å². The molecular weight excluding hydrogens is 508 g/mol. The fraction of sp³-hybridized carbons (Fsp3) is 0.226. The second-order valence-electron chi connectivity index (χ2n) is 9.52. The van der Waals surface area contributed by atoms with E-state index in [1.807, 2.05) is 60.7 Å². The zero-order valence-electron chi connectivity index (χ0n) is 21.6. The third kappa shape index (κ3) is 5.25. The monoisotopic (exact) mass is 536 g/mol. The van der Waals surface area contributed by atoms with Crippen molar-refractivity contribution in [1.29, 1.82) is 0 Å². The number of allylic oxidation sites excluding steroid dienone is 1. The number of benzene rings is 3. The number of hydrogen-bond donors (Lipinski definition) is 0. The molecule has 1 aliphatic heterocycles. The van der Waals surface area contributed by atoms with Gasteiger partial charge in [0.15, 0.2) is 0 Å². The maximum absolute atomic E-state index is 13.7. The van der Waals surface area contributed by atoms with Crippen LogP contribution in [0.15, 0.2) is 105 Å². The number of hydrazone groups is 1. The SMILES string of the molecule is COc1ccccc1-c1nnc(SCC(=O)N2N=C3/C(=C/c4ccccc4)CCCC3C2c2ccccc2)o1. The first-order chi connectivity index (χ1) is 19.2. The molecule has 6 rings (SSSR count). The van der Waals surface area contributed by atoms with E-state index in [1.165, 1.54) is 17.3 Å². The lowest BCUT2D eigenvalue weighted by molar-refractivity contribution is -0.130. The van der Waals surface area contributed by atoms with Crippen LogP contribution in [-0.4, -0.2) is 39.7 Å². The Morgan fingerprint density at radius 2 is 1.77 bits per heavy atom.